The smallest absolute Gasteiger partial charge is 0.393 e. The predicted molar refractivity (Wildman–Crippen MR) is 78.5 cm³/mol. The maximum absolute atomic E-state index is 12.6. The van der Waals surface area contributed by atoms with E-state index in [1.807, 2.05) is 13.8 Å². The molecule has 1 aromatic carbocycles. The van der Waals surface area contributed by atoms with E-state index in [1.54, 1.807) is 6.92 Å². The molecule has 0 aliphatic rings. The van der Waals surface area contributed by atoms with Gasteiger partial charge >= 0.3 is 12.2 Å². The number of aliphatic hydroxyl groups is 1. The van der Waals surface area contributed by atoms with Crippen molar-refractivity contribution < 1.29 is 23.1 Å². The number of carbonyl (C=O) groups excluding carboxylic acids is 1. The Morgan fingerprint density at radius 3 is 2.50 bits per heavy atom. The van der Waals surface area contributed by atoms with Crippen molar-refractivity contribution in [3.8, 4) is 0 Å². The third-order valence-corrected chi connectivity index (χ3v) is 3.02. The molecule has 0 heterocycles. The van der Waals surface area contributed by atoms with E-state index in [1.165, 1.54) is 12.1 Å². The summed E-state index contributed by atoms with van der Waals surface area (Å²) in [5.74, 6) is 0. The number of aliphatic hydroxyl groups excluding tert-OH is 1. The number of hydrogen-bond donors (Lipinski definition) is 3. The van der Waals surface area contributed by atoms with Crippen molar-refractivity contribution in [2.75, 3.05) is 11.9 Å². The summed E-state index contributed by atoms with van der Waals surface area (Å²) in [5, 5.41) is 14.3. The van der Waals surface area contributed by atoms with Crippen LogP contribution in [-0.4, -0.2) is 23.8 Å². The van der Waals surface area contributed by atoms with Crippen molar-refractivity contribution >= 4 is 11.7 Å². The number of hydrogen-bond acceptors (Lipinski definition) is 2. The minimum Gasteiger partial charge on any atom is -0.393 e. The van der Waals surface area contributed by atoms with Gasteiger partial charge in [0.2, 0.25) is 0 Å². The van der Waals surface area contributed by atoms with Gasteiger partial charge in [-0.05, 0) is 37.0 Å². The highest BCUT2D eigenvalue weighted by atomic mass is 19.4. The Morgan fingerprint density at radius 1 is 1.32 bits per heavy atom. The molecule has 0 bridgehead atoms. The quantitative estimate of drug-likeness (QED) is 0.776. The average molecular weight is 318 g/mol. The Hall–Kier alpha value is -1.76. The van der Waals surface area contributed by atoms with Gasteiger partial charge in [-0.15, -0.1) is 0 Å². The number of halogens is 3. The lowest BCUT2D eigenvalue weighted by Crippen LogP contribution is -2.38. The molecule has 0 aliphatic carbocycles. The molecule has 22 heavy (non-hydrogen) atoms. The summed E-state index contributed by atoms with van der Waals surface area (Å²) in [5.41, 5.74) is -1.07. The van der Waals surface area contributed by atoms with Gasteiger partial charge in [-0.3, -0.25) is 0 Å². The molecule has 1 atom stereocenters. The summed E-state index contributed by atoms with van der Waals surface area (Å²) in [7, 11) is 0. The summed E-state index contributed by atoms with van der Waals surface area (Å²) in [6, 6.07) is 3.85. The minimum atomic E-state index is -4.45. The van der Waals surface area contributed by atoms with Gasteiger partial charge in [0.25, 0.3) is 0 Å². The van der Waals surface area contributed by atoms with E-state index in [9.17, 15) is 23.1 Å². The van der Waals surface area contributed by atoms with Crippen LogP contribution in [-0.2, 0) is 6.18 Å². The summed E-state index contributed by atoms with van der Waals surface area (Å²) in [6.45, 7) is 5.71. The molecule has 124 valence electrons. The number of benzene rings is 1. The number of amides is 2. The molecule has 7 heteroatoms. The lowest BCUT2D eigenvalue weighted by molar-refractivity contribution is -0.137. The van der Waals surface area contributed by atoms with Crippen molar-refractivity contribution in [1.82, 2.24) is 5.32 Å². The van der Waals surface area contributed by atoms with Crippen LogP contribution in [0.3, 0.4) is 0 Å². The van der Waals surface area contributed by atoms with E-state index in [-0.39, 0.29) is 11.1 Å². The molecule has 0 saturated heterocycles. The first-order chi connectivity index (χ1) is 9.99. The first-order valence-electron chi connectivity index (χ1n) is 6.90. The van der Waals surface area contributed by atoms with Crippen molar-refractivity contribution in [3.05, 3.63) is 29.8 Å². The highest BCUT2D eigenvalue weighted by Crippen LogP contribution is 2.30. The van der Waals surface area contributed by atoms with Crippen LogP contribution < -0.4 is 10.6 Å². The second-order valence-corrected chi connectivity index (χ2v) is 6.10. The zero-order chi connectivity index (χ0) is 17.0. The maximum Gasteiger partial charge on any atom is 0.416 e. The van der Waals surface area contributed by atoms with Crippen LogP contribution in [0.2, 0.25) is 0 Å². The molecule has 0 saturated carbocycles. The van der Waals surface area contributed by atoms with Gasteiger partial charge in [0.15, 0.2) is 0 Å². The topological polar surface area (TPSA) is 61.4 Å². The van der Waals surface area contributed by atoms with E-state index in [0.29, 0.717) is 13.0 Å². The highest BCUT2D eigenvalue weighted by molar-refractivity contribution is 5.89. The van der Waals surface area contributed by atoms with Crippen molar-refractivity contribution in [1.29, 1.82) is 0 Å². The third kappa shape index (κ3) is 6.34. The van der Waals surface area contributed by atoms with Gasteiger partial charge in [0.05, 0.1) is 11.7 Å². The predicted octanol–water partition coefficient (Wildman–Crippen LogP) is 3.62. The molecule has 2 amide bonds. The zero-order valence-electron chi connectivity index (χ0n) is 12.8. The van der Waals surface area contributed by atoms with Gasteiger partial charge in [-0.1, -0.05) is 19.9 Å². The number of anilines is 1. The highest BCUT2D eigenvalue weighted by Gasteiger charge is 2.30. The first kappa shape index (κ1) is 18.3. The second kappa shape index (κ2) is 7.00. The summed E-state index contributed by atoms with van der Waals surface area (Å²) >= 11 is 0. The van der Waals surface area contributed by atoms with Gasteiger partial charge in [0.1, 0.15) is 0 Å². The molecule has 1 unspecified atom stereocenters. The number of nitrogens with one attached hydrogen (secondary N) is 2. The van der Waals surface area contributed by atoms with Gasteiger partial charge in [-0.2, -0.15) is 13.2 Å². The third-order valence-electron chi connectivity index (χ3n) is 3.02. The Kier molecular flexibility index (Phi) is 5.82. The minimum absolute atomic E-state index is 0.0701. The monoisotopic (exact) mass is 318 g/mol. The zero-order valence-corrected chi connectivity index (χ0v) is 12.8. The first-order valence-corrected chi connectivity index (χ1v) is 6.90. The largest absolute Gasteiger partial charge is 0.416 e. The summed E-state index contributed by atoms with van der Waals surface area (Å²) < 4.78 is 37.7. The Labute approximate surface area is 127 Å². The molecule has 0 spiro atoms. The molecular formula is C15H21F3N2O2. The van der Waals surface area contributed by atoms with E-state index in [2.05, 4.69) is 10.6 Å². The van der Waals surface area contributed by atoms with Crippen LogP contribution in [0.25, 0.3) is 0 Å². The fraction of sp³-hybridized carbons (Fsp3) is 0.533. The molecule has 3 N–H and O–H groups in total. The summed E-state index contributed by atoms with van der Waals surface area (Å²) in [4.78, 5) is 11.7. The second-order valence-electron chi connectivity index (χ2n) is 6.10. The maximum atomic E-state index is 12.6. The molecule has 0 radical (unpaired) electrons. The molecule has 1 rings (SSSR count). The van der Waals surface area contributed by atoms with E-state index in [4.69, 9.17) is 0 Å². The Bertz CT molecular complexity index is 514. The standard InChI is InChI=1S/C15H21F3N2O2/c1-10(21)8-14(2,3)9-19-13(22)20-12-6-4-5-11(7-12)15(16,17)18/h4-7,10,21H,8-9H2,1-3H3,(H2,19,20,22). The van der Waals surface area contributed by atoms with Crippen LogP contribution in [0.5, 0.6) is 0 Å². The van der Waals surface area contributed by atoms with Crippen molar-refractivity contribution in [2.24, 2.45) is 5.41 Å². The molecule has 0 aliphatic heterocycles. The van der Waals surface area contributed by atoms with Gasteiger partial charge in [0, 0.05) is 12.2 Å². The normalized spacial score (nSPS) is 13.6. The Balaban J connectivity index is 2.59. The number of urea groups is 1. The van der Waals surface area contributed by atoms with Crippen molar-refractivity contribution in [3.63, 3.8) is 0 Å². The number of carbonyl (C=O) groups is 1. The van der Waals surface area contributed by atoms with E-state index >= 15 is 0 Å². The summed E-state index contributed by atoms with van der Waals surface area (Å²) in [6.07, 6.45) is -4.45. The van der Waals surface area contributed by atoms with Crippen LogP contribution >= 0.6 is 0 Å². The fourth-order valence-corrected chi connectivity index (χ4v) is 2.14. The molecule has 4 nitrogen and oxygen atoms in total. The average Bonchev–Trinajstić information content (AvgIpc) is 2.34. The van der Waals surface area contributed by atoms with Crippen LogP contribution in [0.1, 0.15) is 32.8 Å². The van der Waals surface area contributed by atoms with Crippen LogP contribution in [0, 0.1) is 5.41 Å². The Morgan fingerprint density at radius 2 is 1.95 bits per heavy atom. The molecule has 0 fully saturated rings. The number of rotatable bonds is 5. The lowest BCUT2D eigenvalue weighted by Gasteiger charge is -2.26. The van der Waals surface area contributed by atoms with Gasteiger partial charge < -0.3 is 15.7 Å². The molecular weight excluding hydrogens is 297 g/mol. The molecule has 0 aromatic heterocycles. The molecule has 1 aromatic rings. The van der Waals surface area contributed by atoms with E-state index < -0.39 is 23.9 Å². The fourth-order valence-electron chi connectivity index (χ4n) is 2.14. The number of alkyl halides is 3. The SMILES string of the molecule is CC(O)CC(C)(C)CNC(=O)Nc1cccc(C(F)(F)F)c1. The van der Waals surface area contributed by atoms with Crippen LogP contribution in [0.4, 0.5) is 23.7 Å². The van der Waals surface area contributed by atoms with Crippen molar-refractivity contribution in [2.45, 2.75) is 39.5 Å². The van der Waals surface area contributed by atoms with Crippen LogP contribution in [0.15, 0.2) is 24.3 Å². The van der Waals surface area contributed by atoms with E-state index in [0.717, 1.165) is 12.1 Å². The lowest BCUT2D eigenvalue weighted by atomic mass is 9.87. The van der Waals surface area contributed by atoms with Gasteiger partial charge in [-0.25, -0.2) is 4.79 Å².